The van der Waals surface area contributed by atoms with Crippen molar-refractivity contribution < 1.29 is 47.4 Å². The molecular weight excluding hydrogens is 667 g/mol. The maximum Gasteiger partial charge on any atom is 0.697 e. The van der Waals surface area contributed by atoms with Gasteiger partial charge in [-0.2, -0.15) is 0 Å². The van der Waals surface area contributed by atoms with Gasteiger partial charge in [0.2, 0.25) is 11.8 Å². The Labute approximate surface area is 295 Å². The first-order chi connectivity index (χ1) is 24.2. The minimum Gasteiger partial charge on any atom is -0.480 e. The summed E-state index contributed by atoms with van der Waals surface area (Å²) < 4.78 is 27.5. The highest BCUT2D eigenvalue weighted by atomic mass is 31.1. The van der Waals surface area contributed by atoms with Crippen LogP contribution in [-0.4, -0.2) is 79.2 Å². The van der Waals surface area contributed by atoms with Crippen LogP contribution in [0.4, 0.5) is 4.79 Å². The van der Waals surface area contributed by atoms with Gasteiger partial charge in [-0.05, 0) is 69.9 Å². The van der Waals surface area contributed by atoms with Gasteiger partial charge in [-0.3, -0.25) is 19.7 Å². The van der Waals surface area contributed by atoms with E-state index in [-0.39, 0.29) is 50.4 Å². The number of carbonyl (C=O) groups excluding carboxylic acids is 4. The molecule has 0 aromatic heterocycles. The first kappa shape index (κ1) is 41.0. The summed E-state index contributed by atoms with van der Waals surface area (Å²) in [6.07, 6.45) is 9.60. The normalized spacial score (nSPS) is 18.5. The molecule has 50 heavy (non-hydrogen) atoms. The number of nitrogens with one attached hydrogen (secondary N) is 4. The molecule has 2 aliphatic rings. The summed E-state index contributed by atoms with van der Waals surface area (Å²) >= 11 is 0. The first-order valence-electron chi connectivity index (χ1n) is 18.0. The van der Waals surface area contributed by atoms with Crippen molar-refractivity contribution in [3.63, 3.8) is 0 Å². The van der Waals surface area contributed by atoms with Gasteiger partial charge in [-0.25, -0.2) is 9.59 Å². The lowest BCUT2D eigenvalue weighted by Gasteiger charge is -2.24. The maximum absolute atomic E-state index is 13.1. The number of carboxylic acid groups (broad SMARTS) is 1. The SMILES string of the molecule is O=C(NCCCC[C@H](NC(=O)C1CCCCC1)C(=O)NCCCCCCO[P+](=O)OCCC(=O)[C@]1(C(=O)O)CCCN1)OCc1ccccc1. The van der Waals surface area contributed by atoms with Crippen molar-refractivity contribution >= 4 is 37.9 Å². The van der Waals surface area contributed by atoms with E-state index < -0.39 is 37.7 Å². The Balaban J connectivity index is 1.26. The van der Waals surface area contributed by atoms with Gasteiger partial charge in [0, 0.05) is 30.0 Å². The number of ketones is 1. The topological polar surface area (TPSA) is 198 Å². The summed E-state index contributed by atoms with van der Waals surface area (Å²) in [4.78, 5) is 62.0. The van der Waals surface area contributed by atoms with E-state index in [1.807, 2.05) is 30.3 Å². The molecule has 15 heteroatoms. The number of hydrogen-bond acceptors (Lipinski definition) is 10. The molecule has 1 unspecified atom stereocenters. The lowest BCUT2D eigenvalue weighted by atomic mass is 9.88. The van der Waals surface area contributed by atoms with E-state index in [1.165, 1.54) is 0 Å². The summed E-state index contributed by atoms with van der Waals surface area (Å²) in [6, 6.07) is 8.76. The monoisotopic (exact) mass is 721 g/mol. The average molecular weight is 722 g/mol. The smallest absolute Gasteiger partial charge is 0.480 e. The van der Waals surface area contributed by atoms with Crippen molar-refractivity contribution in [2.45, 2.75) is 114 Å². The van der Waals surface area contributed by atoms with Gasteiger partial charge in [0.25, 0.3) is 0 Å². The Bertz CT molecular complexity index is 1240. The molecular formula is C35H54N4O10P+. The third kappa shape index (κ3) is 14.8. The molecule has 1 heterocycles. The van der Waals surface area contributed by atoms with Gasteiger partial charge in [-0.1, -0.05) is 62.4 Å². The molecule has 1 aromatic rings. The number of unbranched alkanes of at least 4 members (excludes halogenated alkanes) is 4. The highest BCUT2D eigenvalue weighted by Crippen LogP contribution is 2.27. The highest BCUT2D eigenvalue weighted by Gasteiger charge is 2.47. The lowest BCUT2D eigenvalue weighted by molar-refractivity contribution is -0.149. The number of amides is 3. The zero-order valence-electron chi connectivity index (χ0n) is 29.0. The number of aliphatic carboxylic acids is 1. The van der Waals surface area contributed by atoms with E-state index >= 15 is 0 Å². The molecule has 278 valence electrons. The van der Waals surface area contributed by atoms with Gasteiger partial charge < -0.3 is 25.8 Å². The number of alkyl carbamates (subject to hydrolysis) is 1. The summed E-state index contributed by atoms with van der Waals surface area (Å²) in [5.74, 6) is -2.07. The fourth-order valence-electron chi connectivity index (χ4n) is 6.16. The molecule has 1 saturated heterocycles. The zero-order chi connectivity index (χ0) is 36.0. The second-order valence-corrected chi connectivity index (χ2v) is 13.9. The van der Waals surface area contributed by atoms with Gasteiger partial charge in [0.15, 0.2) is 11.3 Å². The van der Waals surface area contributed by atoms with E-state index in [0.717, 1.165) is 50.5 Å². The summed E-state index contributed by atoms with van der Waals surface area (Å²) in [5, 5.41) is 20.8. The molecule has 1 aliphatic heterocycles. The van der Waals surface area contributed by atoms with Crippen LogP contribution in [0.1, 0.15) is 102 Å². The Morgan fingerprint density at radius 3 is 2.30 bits per heavy atom. The van der Waals surface area contributed by atoms with Crippen molar-refractivity contribution in [2.75, 3.05) is 32.8 Å². The van der Waals surface area contributed by atoms with E-state index in [2.05, 4.69) is 21.3 Å². The van der Waals surface area contributed by atoms with Gasteiger partial charge in [-0.15, -0.1) is 9.05 Å². The van der Waals surface area contributed by atoms with Crippen LogP contribution in [0.5, 0.6) is 0 Å². The van der Waals surface area contributed by atoms with E-state index in [9.17, 15) is 33.6 Å². The van der Waals surface area contributed by atoms with Crippen LogP contribution in [0.25, 0.3) is 0 Å². The minimum absolute atomic E-state index is 0.0661. The summed E-state index contributed by atoms with van der Waals surface area (Å²) in [7, 11) is -2.42. The molecule has 1 aromatic carbocycles. The van der Waals surface area contributed by atoms with Crippen molar-refractivity contribution in [1.29, 1.82) is 0 Å². The van der Waals surface area contributed by atoms with Crippen molar-refractivity contribution in [2.24, 2.45) is 5.92 Å². The predicted octanol–water partition coefficient (Wildman–Crippen LogP) is 4.68. The molecule has 2 fully saturated rings. The Morgan fingerprint density at radius 2 is 1.58 bits per heavy atom. The number of carboxylic acids is 1. The molecule has 3 rings (SSSR count). The highest BCUT2D eigenvalue weighted by molar-refractivity contribution is 7.33. The van der Waals surface area contributed by atoms with E-state index in [0.29, 0.717) is 58.2 Å². The van der Waals surface area contributed by atoms with Crippen molar-refractivity contribution in [1.82, 2.24) is 21.3 Å². The van der Waals surface area contributed by atoms with Crippen LogP contribution < -0.4 is 21.3 Å². The fraction of sp³-hybridized carbons (Fsp3) is 0.686. The largest absolute Gasteiger partial charge is 0.697 e. The Hall–Kier alpha value is -3.45. The van der Waals surface area contributed by atoms with Crippen LogP contribution in [-0.2, 0) is 44.1 Å². The molecule has 1 saturated carbocycles. The minimum atomic E-state index is -2.42. The van der Waals surface area contributed by atoms with Crippen LogP contribution in [0.2, 0.25) is 0 Å². The number of hydrogen-bond donors (Lipinski definition) is 5. The standard InChI is InChI=1S/C35H53N4O10P/c40-30(35(33(43)44)20-13-23-38-35)19-25-49-50(46)48-24-12-2-1-10-21-36-32(42)29(39-31(41)28-16-7-4-8-17-28)18-9-11-22-37-34(45)47-26-27-14-5-3-6-15-27/h3,5-6,14-15,28-29,38H,1-2,4,7-13,16-26H2,(H3-,36,37,39,41,42,43,44,45)/p+1/t29-,35-/m0/s1. The van der Waals surface area contributed by atoms with Crippen molar-refractivity contribution in [3.8, 4) is 0 Å². The number of benzene rings is 1. The second-order valence-electron chi connectivity index (χ2n) is 12.9. The number of rotatable bonds is 24. The fourth-order valence-corrected chi connectivity index (χ4v) is 6.76. The number of carbonyl (C=O) groups is 5. The van der Waals surface area contributed by atoms with Gasteiger partial charge in [0.05, 0.1) is 0 Å². The molecule has 1 aliphatic carbocycles. The average Bonchev–Trinajstić information content (AvgIpc) is 3.64. The predicted molar refractivity (Wildman–Crippen MR) is 185 cm³/mol. The molecule has 0 radical (unpaired) electrons. The number of Topliss-reactive ketones (excluding diaryl/α,β-unsaturated/α-hetero) is 1. The maximum atomic E-state index is 13.1. The number of ether oxygens (including phenoxy) is 1. The zero-order valence-corrected chi connectivity index (χ0v) is 29.9. The molecule has 3 amide bonds. The third-order valence-corrected chi connectivity index (χ3v) is 9.89. The van der Waals surface area contributed by atoms with Crippen LogP contribution in [0.15, 0.2) is 30.3 Å². The third-order valence-electron chi connectivity index (χ3n) is 9.10. The molecule has 0 spiro atoms. The van der Waals surface area contributed by atoms with E-state index in [1.54, 1.807) is 0 Å². The van der Waals surface area contributed by atoms with E-state index in [4.69, 9.17) is 13.8 Å². The van der Waals surface area contributed by atoms with Crippen LogP contribution in [0, 0.1) is 5.92 Å². The van der Waals surface area contributed by atoms with Crippen LogP contribution in [0.3, 0.4) is 0 Å². The second kappa shape index (κ2) is 23.1. The van der Waals surface area contributed by atoms with Crippen LogP contribution >= 0.6 is 8.25 Å². The first-order valence-corrected chi connectivity index (χ1v) is 19.1. The Kier molecular flexibility index (Phi) is 18.9. The van der Waals surface area contributed by atoms with Gasteiger partial charge in [0.1, 0.15) is 25.9 Å². The summed E-state index contributed by atoms with van der Waals surface area (Å²) in [6.45, 7) is 1.50. The van der Waals surface area contributed by atoms with Crippen molar-refractivity contribution in [3.05, 3.63) is 35.9 Å². The molecule has 5 N–H and O–H groups in total. The molecule has 14 nitrogen and oxygen atoms in total. The summed E-state index contributed by atoms with van der Waals surface area (Å²) in [5.41, 5.74) is -0.684. The quantitative estimate of drug-likeness (QED) is 0.0564. The molecule has 0 bridgehead atoms. The van der Waals surface area contributed by atoms with Gasteiger partial charge >= 0.3 is 20.3 Å². The lowest BCUT2D eigenvalue weighted by Crippen LogP contribution is -2.54. The molecule has 3 atom stereocenters. The Morgan fingerprint density at radius 1 is 0.880 bits per heavy atom.